The van der Waals surface area contributed by atoms with Gasteiger partial charge in [-0.15, -0.1) is 0 Å². The minimum Gasteiger partial charge on any atom is -0.480 e. The highest BCUT2D eigenvalue weighted by molar-refractivity contribution is 5.77. The van der Waals surface area contributed by atoms with E-state index in [4.69, 9.17) is 10.4 Å². The van der Waals surface area contributed by atoms with Crippen molar-refractivity contribution in [2.45, 2.75) is 46.1 Å². The molecule has 4 heteroatoms. The van der Waals surface area contributed by atoms with Crippen LogP contribution >= 0.6 is 0 Å². The molecular formula is C11H20N2O2. The van der Waals surface area contributed by atoms with Crippen LogP contribution in [0.1, 0.15) is 40.5 Å². The van der Waals surface area contributed by atoms with Gasteiger partial charge in [-0.05, 0) is 47.1 Å². The molecule has 0 bridgehead atoms. The van der Waals surface area contributed by atoms with E-state index in [0.29, 0.717) is 6.54 Å². The normalized spacial score (nSPS) is 12.2. The smallest absolute Gasteiger partial charge is 0.323 e. The first-order valence-corrected chi connectivity index (χ1v) is 5.11. The molecule has 0 atom stereocenters. The van der Waals surface area contributed by atoms with Crippen LogP contribution in [0.5, 0.6) is 0 Å². The van der Waals surface area contributed by atoms with Crippen molar-refractivity contribution >= 4 is 5.97 Å². The Morgan fingerprint density at radius 2 is 1.93 bits per heavy atom. The van der Waals surface area contributed by atoms with Crippen molar-refractivity contribution in [3.8, 4) is 6.07 Å². The van der Waals surface area contributed by atoms with Gasteiger partial charge in [-0.25, -0.2) is 0 Å². The lowest BCUT2D eigenvalue weighted by Gasteiger charge is -2.22. The number of carbonyl (C=O) groups is 1. The third-order valence-corrected chi connectivity index (χ3v) is 2.38. The zero-order valence-corrected chi connectivity index (χ0v) is 9.92. The molecule has 0 aliphatic heterocycles. The van der Waals surface area contributed by atoms with Gasteiger partial charge in [-0.2, -0.15) is 5.26 Å². The van der Waals surface area contributed by atoms with Gasteiger partial charge < -0.3 is 10.4 Å². The van der Waals surface area contributed by atoms with Crippen LogP contribution in [0.4, 0.5) is 0 Å². The summed E-state index contributed by atoms with van der Waals surface area (Å²) in [6, 6.07) is 2.22. The fourth-order valence-corrected chi connectivity index (χ4v) is 1.06. The fourth-order valence-electron chi connectivity index (χ4n) is 1.06. The molecule has 0 aliphatic rings. The second kappa shape index (κ2) is 5.13. The number of hydrogen-bond donors (Lipinski definition) is 2. The van der Waals surface area contributed by atoms with Crippen molar-refractivity contribution in [3.05, 3.63) is 0 Å². The van der Waals surface area contributed by atoms with Gasteiger partial charge in [0, 0.05) is 0 Å². The lowest BCUT2D eigenvalue weighted by Crippen LogP contribution is -2.47. The van der Waals surface area contributed by atoms with E-state index in [2.05, 4.69) is 11.4 Å². The molecule has 0 unspecified atom stereocenters. The van der Waals surface area contributed by atoms with Crippen LogP contribution in [0.3, 0.4) is 0 Å². The lowest BCUT2D eigenvalue weighted by atomic mass is 9.89. The molecule has 0 saturated heterocycles. The van der Waals surface area contributed by atoms with Gasteiger partial charge in [0.2, 0.25) is 0 Å². The molecule has 2 N–H and O–H groups in total. The molecule has 0 aromatic heterocycles. The van der Waals surface area contributed by atoms with E-state index < -0.39 is 11.5 Å². The van der Waals surface area contributed by atoms with E-state index in [0.717, 1.165) is 12.8 Å². The molecule has 0 amide bonds. The molecule has 0 aliphatic carbocycles. The first-order chi connectivity index (χ1) is 6.71. The number of aliphatic carboxylic acids is 1. The Morgan fingerprint density at radius 3 is 2.33 bits per heavy atom. The summed E-state index contributed by atoms with van der Waals surface area (Å²) in [6.07, 6.45) is 1.57. The monoisotopic (exact) mass is 212 g/mol. The van der Waals surface area contributed by atoms with Gasteiger partial charge in [-0.3, -0.25) is 4.79 Å². The number of nitriles is 1. The third kappa shape index (κ3) is 5.38. The molecule has 0 aromatic rings. The maximum absolute atomic E-state index is 10.8. The summed E-state index contributed by atoms with van der Waals surface area (Å²) in [7, 11) is 0. The fraction of sp³-hybridized carbons (Fsp3) is 0.818. The van der Waals surface area contributed by atoms with E-state index in [1.54, 1.807) is 13.8 Å². The molecule has 86 valence electrons. The Bertz CT molecular complexity index is 264. The molecule has 4 nitrogen and oxygen atoms in total. The van der Waals surface area contributed by atoms with E-state index >= 15 is 0 Å². The third-order valence-electron chi connectivity index (χ3n) is 2.38. The number of hydrogen-bond acceptors (Lipinski definition) is 3. The van der Waals surface area contributed by atoms with Gasteiger partial charge in [0.1, 0.15) is 5.54 Å². The Labute approximate surface area is 91.3 Å². The zero-order valence-electron chi connectivity index (χ0n) is 9.92. The van der Waals surface area contributed by atoms with Gasteiger partial charge in [0.05, 0.1) is 11.5 Å². The summed E-state index contributed by atoms with van der Waals surface area (Å²) < 4.78 is 0. The van der Waals surface area contributed by atoms with Crippen molar-refractivity contribution in [2.75, 3.05) is 6.54 Å². The summed E-state index contributed by atoms with van der Waals surface area (Å²) in [5.74, 6) is -0.859. The molecule has 0 aromatic carbocycles. The largest absolute Gasteiger partial charge is 0.480 e. The summed E-state index contributed by atoms with van der Waals surface area (Å²) in [5.41, 5.74) is -1.22. The number of carboxylic acids is 1. The second-order valence-electron chi connectivity index (χ2n) is 4.96. The molecule has 0 fully saturated rings. The van der Waals surface area contributed by atoms with Gasteiger partial charge >= 0.3 is 5.97 Å². The number of rotatable bonds is 6. The first-order valence-electron chi connectivity index (χ1n) is 5.11. The summed E-state index contributed by atoms with van der Waals surface area (Å²) in [5, 5.41) is 20.6. The minimum atomic E-state index is -0.892. The quantitative estimate of drug-likeness (QED) is 0.658. The van der Waals surface area contributed by atoms with E-state index in [1.807, 2.05) is 13.8 Å². The van der Waals surface area contributed by atoms with Crippen LogP contribution in [-0.2, 0) is 4.79 Å². The average molecular weight is 212 g/mol. The van der Waals surface area contributed by atoms with Crippen LogP contribution < -0.4 is 5.32 Å². The number of nitrogens with zero attached hydrogens (tertiary/aromatic N) is 1. The van der Waals surface area contributed by atoms with Crippen LogP contribution in [-0.4, -0.2) is 23.2 Å². The summed E-state index contributed by atoms with van der Waals surface area (Å²) in [4.78, 5) is 10.8. The van der Waals surface area contributed by atoms with Crippen LogP contribution in [0, 0.1) is 16.7 Å². The maximum atomic E-state index is 10.8. The van der Waals surface area contributed by atoms with Crippen molar-refractivity contribution in [2.24, 2.45) is 5.41 Å². The van der Waals surface area contributed by atoms with E-state index in [9.17, 15) is 4.79 Å². The maximum Gasteiger partial charge on any atom is 0.323 e. The SMILES string of the molecule is CC(C)(C#N)CCCNC(C)(C)C(=O)O. The highest BCUT2D eigenvalue weighted by atomic mass is 16.4. The van der Waals surface area contributed by atoms with Gasteiger partial charge in [-0.1, -0.05) is 0 Å². The number of carboxylic acid groups (broad SMARTS) is 1. The van der Waals surface area contributed by atoms with E-state index in [-0.39, 0.29) is 5.41 Å². The Balaban J connectivity index is 3.83. The van der Waals surface area contributed by atoms with Crippen molar-refractivity contribution < 1.29 is 9.90 Å². The average Bonchev–Trinajstić information content (AvgIpc) is 2.12. The molecule has 0 rings (SSSR count). The van der Waals surface area contributed by atoms with Crippen molar-refractivity contribution in [1.29, 1.82) is 5.26 Å². The standard InChI is InChI=1S/C11H20N2O2/c1-10(2,8-12)6-5-7-13-11(3,4)9(14)15/h13H,5-7H2,1-4H3,(H,14,15). The molecular weight excluding hydrogens is 192 g/mol. The highest BCUT2D eigenvalue weighted by Gasteiger charge is 2.26. The Morgan fingerprint density at radius 1 is 1.40 bits per heavy atom. The highest BCUT2D eigenvalue weighted by Crippen LogP contribution is 2.20. The van der Waals surface area contributed by atoms with Gasteiger partial charge in [0.15, 0.2) is 0 Å². The van der Waals surface area contributed by atoms with Crippen LogP contribution in [0.2, 0.25) is 0 Å². The summed E-state index contributed by atoms with van der Waals surface area (Å²) >= 11 is 0. The van der Waals surface area contributed by atoms with Crippen molar-refractivity contribution in [3.63, 3.8) is 0 Å². The lowest BCUT2D eigenvalue weighted by molar-refractivity contribution is -0.143. The van der Waals surface area contributed by atoms with Gasteiger partial charge in [0.25, 0.3) is 0 Å². The topological polar surface area (TPSA) is 73.1 Å². The molecule has 15 heavy (non-hydrogen) atoms. The Hall–Kier alpha value is -1.08. The first kappa shape index (κ1) is 13.9. The van der Waals surface area contributed by atoms with Crippen molar-refractivity contribution in [1.82, 2.24) is 5.32 Å². The molecule has 0 heterocycles. The minimum absolute atomic E-state index is 0.324. The molecule has 0 radical (unpaired) electrons. The van der Waals surface area contributed by atoms with E-state index in [1.165, 1.54) is 0 Å². The predicted octanol–water partition coefficient (Wildman–Crippen LogP) is 1.77. The Kier molecular flexibility index (Phi) is 4.76. The zero-order chi connectivity index (χ0) is 12.1. The second-order valence-corrected chi connectivity index (χ2v) is 4.96. The predicted molar refractivity (Wildman–Crippen MR) is 58.3 cm³/mol. The van der Waals surface area contributed by atoms with Crippen LogP contribution in [0.25, 0.3) is 0 Å². The van der Waals surface area contributed by atoms with Crippen LogP contribution in [0.15, 0.2) is 0 Å². The molecule has 0 spiro atoms. The number of nitrogens with one attached hydrogen (secondary N) is 1. The molecule has 0 saturated carbocycles. The summed E-state index contributed by atoms with van der Waals surface area (Å²) in [6.45, 7) is 7.64.